The van der Waals surface area contributed by atoms with Crippen LogP contribution in [0, 0.1) is 0 Å². The van der Waals surface area contributed by atoms with E-state index in [0.29, 0.717) is 6.42 Å². The van der Waals surface area contributed by atoms with E-state index in [2.05, 4.69) is 5.32 Å². The van der Waals surface area contributed by atoms with Gasteiger partial charge in [0.1, 0.15) is 0 Å². The van der Waals surface area contributed by atoms with Crippen molar-refractivity contribution in [2.75, 3.05) is 20.6 Å². The molecular weight excluding hydrogens is 194 g/mol. The molecule has 0 rings (SSSR count). The fourth-order valence-electron chi connectivity index (χ4n) is 1.01. The molecule has 1 unspecified atom stereocenters. The van der Waals surface area contributed by atoms with Crippen LogP contribution < -0.4 is 11.1 Å². The Morgan fingerprint density at radius 3 is 2.47 bits per heavy atom. The maximum Gasteiger partial charge on any atom is 0.241 e. The molecule has 0 saturated carbocycles. The summed E-state index contributed by atoms with van der Waals surface area (Å²) >= 11 is 0. The molecule has 0 aliphatic rings. The van der Waals surface area contributed by atoms with Gasteiger partial charge in [0.2, 0.25) is 11.8 Å². The molecule has 88 valence electrons. The van der Waals surface area contributed by atoms with E-state index in [1.54, 1.807) is 14.1 Å². The van der Waals surface area contributed by atoms with Crippen LogP contribution in [-0.4, -0.2) is 43.4 Å². The van der Waals surface area contributed by atoms with Gasteiger partial charge in [0, 0.05) is 26.6 Å². The Morgan fingerprint density at radius 1 is 1.40 bits per heavy atom. The summed E-state index contributed by atoms with van der Waals surface area (Å²) in [6, 6.07) is 0.126. The summed E-state index contributed by atoms with van der Waals surface area (Å²) in [4.78, 5) is 23.8. The highest BCUT2D eigenvalue weighted by Gasteiger charge is 2.06. The summed E-state index contributed by atoms with van der Waals surface area (Å²) in [6.07, 6.45) is 2.02. The van der Waals surface area contributed by atoms with Crippen LogP contribution in [0.5, 0.6) is 0 Å². The van der Waals surface area contributed by atoms with E-state index >= 15 is 0 Å². The number of hydrogen-bond donors (Lipinski definition) is 2. The fraction of sp³-hybridized carbons (Fsp3) is 0.800. The lowest BCUT2D eigenvalue weighted by Crippen LogP contribution is -2.36. The van der Waals surface area contributed by atoms with Crippen molar-refractivity contribution >= 4 is 11.8 Å². The molecule has 0 spiro atoms. The fourth-order valence-corrected chi connectivity index (χ4v) is 1.01. The maximum atomic E-state index is 11.2. The third kappa shape index (κ3) is 7.93. The Balaban J connectivity index is 3.54. The predicted molar refractivity (Wildman–Crippen MR) is 59.2 cm³/mol. The first-order valence-corrected chi connectivity index (χ1v) is 5.16. The average Bonchev–Trinajstić information content (AvgIpc) is 2.13. The molecule has 0 saturated heterocycles. The molecule has 5 heteroatoms. The van der Waals surface area contributed by atoms with Crippen LogP contribution in [0.15, 0.2) is 0 Å². The van der Waals surface area contributed by atoms with Crippen LogP contribution in [0.3, 0.4) is 0 Å². The molecule has 3 N–H and O–H groups in total. The molecule has 1 atom stereocenters. The highest BCUT2D eigenvalue weighted by atomic mass is 16.2. The highest BCUT2D eigenvalue weighted by Crippen LogP contribution is 1.97. The van der Waals surface area contributed by atoms with Crippen LogP contribution >= 0.6 is 0 Å². The predicted octanol–water partition coefficient (Wildman–Crippen LogP) is -0.292. The van der Waals surface area contributed by atoms with Crippen molar-refractivity contribution < 1.29 is 9.59 Å². The Kier molecular flexibility index (Phi) is 6.70. The molecule has 0 radical (unpaired) electrons. The lowest BCUT2D eigenvalue weighted by Gasteiger charge is -2.11. The minimum Gasteiger partial charge on any atom is -0.347 e. The molecule has 2 amide bonds. The van der Waals surface area contributed by atoms with Crippen molar-refractivity contribution in [3.05, 3.63) is 0 Å². The number of nitrogens with two attached hydrogens (primary N) is 1. The van der Waals surface area contributed by atoms with E-state index in [-0.39, 0.29) is 24.4 Å². The van der Waals surface area contributed by atoms with Gasteiger partial charge in [-0.2, -0.15) is 0 Å². The Morgan fingerprint density at radius 2 is 2.00 bits per heavy atom. The maximum absolute atomic E-state index is 11.2. The van der Waals surface area contributed by atoms with Gasteiger partial charge in [-0.25, -0.2) is 0 Å². The molecule has 0 heterocycles. The van der Waals surface area contributed by atoms with Gasteiger partial charge in [0.25, 0.3) is 0 Å². The normalized spacial score (nSPS) is 12.0. The molecule has 0 aliphatic carbocycles. The third-order valence-corrected chi connectivity index (χ3v) is 2.00. The number of hydrogen-bond acceptors (Lipinski definition) is 3. The number of carbonyl (C=O) groups excluding carboxylic acids is 2. The largest absolute Gasteiger partial charge is 0.347 e. The van der Waals surface area contributed by atoms with Gasteiger partial charge < -0.3 is 16.0 Å². The molecule has 0 aromatic rings. The first-order valence-electron chi connectivity index (χ1n) is 5.16. The zero-order valence-electron chi connectivity index (χ0n) is 9.75. The lowest BCUT2D eigenvalue weighted by molar-refractivity contribution is -0.130. The Labute approximate surface area is 91.0 Å². The van der Waals surface area contributed by atoms with Gasteiger partial charge in [0.15, 0.2) is 0 Å². The lowest BCUT2D eigenvalue weighted by atomic mass is 10.1. The van der Waals surface area contributed by atoms with E-state index in [1.807, 2.05) is 6.92 Å². The van der Waals surface area contributed by atoms with E-state index < -0.39 is 0 Å². The van der Waals surface area contributed by atoms with Crippen LogP contribution in [0.4, 0.5) is 0 Å². The van der Waals surface area contributed by atoms with Crippen LogP contribution in [0.25, 0.3) is 0 Å². The standard InChI is InChI=1S/C10H21N3O2/c1-8(11)5-4-6-9(14)12-7-10(15)13(2)3/h8H,4-7,11H2,1-3H3,(H,12,14). The highest BCUT2D eigenvalue weighted by molar-refractivity contribution is 5.84. The van der Waals surface area contributed by atoms with Crippen molar-refractivity contribution in [2.24, 2.45) is 5.73 Å². The number of nitrogens with zero attached hydrogens (tertiary/aromatic N) is 1. The second-order valence-corrected chi connectivity index (χ2v) is 3.93. The topological polar surface area (TPSA) is 75.4 Å². The van der Waals surface area contributed by atoms with E-state index in [4.69, 9.17) is 5.73 Å². The first kappa shape index (κ1) is 13.9. The van der Waals surface area contributed by atoms with Gasteiger partial charge in [0.05, 0.1) is 6.54 Å². The number of nitrogens with one attached hydrogen (secondary N) is 1. The van der Waals surface area contributed by atoms with Crippen molar-refractivity contribution in [3.63, 3.8) is 0 Å². The van der Waals surface area contributed by atoms with E-state index in [0.717, 1.165) is 12.8 Å². The molecular formula is C10H21N3O2. The van der Waals surface area contributed by atoms with Crippen molar-refractivity contribution in [3.8, 4) is 0 Å². The third-order valence-electron chi connectivity index (χ3n) is 2.00. The minimum absolute atomic E-state index is 0.0734. The summed E-state index contributed by atoms with van der Waals surface area (Å²) in [5.74, 6) is -0.193. The van der Waals surface area contributed by atoms with Gasteiger partial charge >= 0.3 is 0 Å². The number of amides is 2. The monoisotopic (exact) mass is 215 g/mol. The smallest absolute Gasteiger partial charge is 0.241 e. The van der Waals surface area contributed by atoms with Crippen molar-refractivity contribution in [2.45, 2.75) is 32.2 Å². The quantitative estimate of drug-likeness (QED) is 0.639. The second-order valence-electron chi connectivity index (χ2n) is 3.93. The van der Waals surface area contributed by atoms with E-state index in [9.17, 15) is 9.59 Å². The molecule has 0 aromatic carbocycles. The van der Waals surface area contributed by atoms with Gasteiger partial charge in [-0.1, -0.05) is 0 Å². The zero-order chi connectivity index (χ0) is 11.8. The molecule has 0 fully saturated rings. The number of carbonyl (C=O) groups is 2. The number of rotatable bonds is 6. The molecule has 0 aromatic heterocycles. The summed E-state index contributed by atoms with van der Waals surface area (Å²) in [7, 11) is 3.31. The molecule has 5 nitrogen and oxygen atoms in total. The molecule has 0 aliphatic heterocycles. The van der Waals surface area contributed by atoms with Crippen molar-refractivity contribution in [1.82, 2.24) is 10.2 Å². The summed E-state index contributed by atoms with van der Waals surface area (Å²) < 4.78 is 0. The molecule has 0 bridgehead atoms. The summed E-state index contributed by atoms with van der Waals surface area (Å²) in [6.45, 7) is 1.98. The minimum atomic E-state index is -0.101. The SMILES string of the molecule is CC(N)CCCC(=O)NCC(=O)N(C)C. The van der Waals surface area contributed by atoms with Crippen molar-refractivity contribution in [1.29, 1.82) is 0 Å². The van der Waals surface area contributed by atoms with Gasteiger partial charge in [-0.05, 0) is 19.8 Å². The summed E-state index contributed by atoms with van der Waals surface area (Å²) in [5, 5.41) is 2.57. The summed E-state index contributed by atoms with van der Waals surface area (Å²) in [5.41, 5.74) is 5.55. The second kappa shape index (κ2) is 7.23. The van der Waals surface area contributed by atoms with Crippen LogP contribution in [-0.2, 0) is 9.59 Å². The van der Waals surface area contributed by atoms with Gasteiger partial charge in [-0.3, -0.25) is 9.59 Å². The van der Waals surface area contributed by atoms with Gasteiger partial charge in [-0.15, -0.1) is 0 Å². The Hall–Kier alpha value is -1.10. The number of likely N-dealkylation sites (N-methyl/N-ethyl adjacent to an activating group) is 1. The molecule has 15 heavy (non-hydrogen) atoms. The Bertz CT molecular complexity index is 215. The first-order chi connectivity index (χ1) is 6.93. The van der Waals surface area contributed by atoms with Crippen LogP contribution in [0.1, 0.15) is 26.2 Å². The van der Waals surface area contributed by atoms with Crippen LogP contribution in [0.2, 0.25) is 0 Å². The van der Waals surface area contributed by atoms with E-state index in [1.165, 1.54) is 4.90 Å². The zero-order valence-corrected chi connectivity index (χ0v) is 9.75. The average molecular weight is 215 g/mol.